The summed E-state index contributed by atoms with van der Waals surface area (Å²) in [4.78, 5) is 21.3. The van der Waals surface area contributed by atoms with E-state index in [9.17, 15) is 17.8 Å². The summed E-state index contributed by atoms with van der Waals surface area (Å²) >= 11 is 0. The number of amides is 1. The normalized spacial score (nSPS) is 20.1. The van der Waals surface area contributed by atoms with Crippen LogP contribution >= 0.6 is 0 Å². The van der Waals surface area contributed by atoms with Gasteiger partial charge in [0.05, 0.1) is 11.1 Å². The third-order valence-corrected chi connectivity index (χ3v) is 6.25. The molecule has 140 valence electrons. The van der Waals surface area contributed by atoms with Crippen LogP contribution in [0.2, 0.25) is 0 Å². The molecule has 9 heteroatoms. The second kappa shape index (κ2) is 6.64. The second-order valence-corrected chi connectivity index (χ2v) is 8.25. The highest BCUT2D eigenvalue weighted by Crippen LogP contribution is 2.25. The molecule has 2 fully saturated rings. The van der Waals surface area contributed by atoms with E-state index in [1.807, 2.05) is 0 Å². The molecule has 1 aromatic heterocycles. The lowest BCUT2D eigenvalue weighted by Crippen LogP contribution is -2.51. The maximum absolute atomic E-state index is 12.9. The van der Waals surface area contributed by atoms with E-state index in [0.29, 0.717) is 28.7 Å². The molecule has 4 rings (SSSR count). The van der Waals surface area contributed by atoms with Crippen LogP contribution in [0.25, 0.3) is 11.0 Å². The van der Waals surface area contributed by atoms with Crippen molar-refractivity contribution in [1.82, 2.24) is 18.8 Å². The number of fused-ring (bicyclic) bond motifs is 1. The van der Waals surface area contributed by atoms with Gasteiger partial charge in [-0.15, -0.1) is 0 Å². The van der Waals surface area contributed by atoms with Crippen LogP contribution in [-0.2, 0) is 10.3 Å². The minimum atomic E-state index is -4.45. The molecule has 26 heavy (non-hydrogen) atoms. The molecule has 1 saturated carbocycles. The SMILES string of the molecule is O=C(c1cccc2c1ncn2S(=O)(=O)O)N1CCN(C2CCCC2)CC1. The number of hydrogen-bond acceptors (Lipinski definition) is 5. The first kappa shape index (κ1) is 17.4. The number of carbonyl (C=O) groups is 1. The van der Waals surface area contributed by atoms with Crippen molar-refractivity contribution in [2.75, 3.05) is 26.2 Å². The number of para-hydroxylation sites is 1. The van der Waals surface area contributed by atoms with Gasteiger partial charge in [0.1, 0.15) is 11.8 Å². The molecule has 8 nitrogen and oxygen atoms in total. The number of hydrogen-bond donors (Lipinski definition) is 1. The lowest BCUT2D eigenvalue weighted by atomic mass is 10.1. The highest BCUT2D eigenvalue weighted by molar-refractivity contribution is 7.84. The maximum atomic E-state index is 12.9. The molecule has 0 radical (unpaired) electrons. The van der Waals surface area contributed by atoms with Gasteiger partial charge < -0.3 is 4.90 Å². The van der Waals surface area contributed by atoms with Crippen LogP contribution in [0, 0.1) is 0 Å². The zero-order valence-corrected chi connectivity index (χ0v) is 15.2. The van der Waals surface area contributed by atoms with Crippen molar-refractivity contribution in [3.63, 3.8) is 0 Å². The van der Waals surface area contributed by atoms with Crippen LogP contribution in [0.4, 0.5) is 0 Å². The third-order valence-electron chi connectivity index (χ3n) is 5.47. The van der Waals surface area contributed by atoms with Gasteiger partial charge in [0.25, 0.3) is 5.91 Å². The highest BCUT2D eigenvalue weighted by Gasteiger charge is 2.29. The van der Waals surface area contributed by atoms with Crippen LogP contribution < -0.4 is 0 Å². The quantitative estimate of drug-likeness (QED) is 0.811. The van der Waals surface area contributed by atoms with E-state index >= 15 is 0 Å². The van der Waals surface area contributed by atoms with Crippen molar-refractivity contribution < 1.29 is 17.8 Å². The summed E-state index contributed by atoms with van der Waals surface area (Å²) in [7, 11) is -4.45. The zero-order chi connectivity index (χ0) is 18.3. The van der Waals surface area contributed by atoms with Crippen molar-refractivity contribution >= 4 is 27.2 Å². The number of carbonyl (C=O) groups excluding carboxylic acids is 1. The van der Waals surface area contributed by atoms with Crippen molar-refractivity contribution in [3.8, 4) is 0 Å². The smallest absolute Gasteiger partial charge is 0.336 e. The van der Waals surface area contributed by atoms with Crippen LogP contribution in [0.3, 0.4) is 0 Å². The Bertz CT molecular complexity index is 925. The molecule has 0 bridgehead atoms. The molecule has 2 aliphatic rings. The number of piperazine rings is 1. The van der Waals surface area contributed by atoms with Gasteiger partial charge in [-0.2, -0.15) is 8.42 Å². The van der Waals surface area contributed by atoms with Crippen molar-refractivity contribution in [3.05, 3.63) is 30.1 Å². The topological polar surface area (TPSA) is 95.7 Å². The van der Waals surface area contributed by atoms with Gasteiger partial charge in [-0.25, -0.2) is 8.96 Å². The first-order valence-corrected chi connectivity index (χ1v) is 10.3. The number of benzene rings is 1. The predicted molar refractivity (Wildman–Crippen MR) is 96.4 cm³/mol. The number of aromatic nitrogens is 2. The van der Waals surface area contributed by atoms with E-state index in [1.165, 1.54) is 31.7 Å². The summed E-state index contributed by atoms with van der Waals surface area (Å²) in [5, 5.41) is 0. The molecule has 1 aliphatic heterocycles. The first-order valence-electron chi connectivity index (χ1n) is 8.92. The van der Waals surface area contributed by atoms with Crippen LogP contribution in [0.15, 0.2) is 24.5 Å². The Morgan fingerprint density at radius 3 is 2.46 bits per heavy atom. The molecule has 2 heterocycles. The average Bonchev–Trinajstić information content (AvgIpc) is 3.30. The van der Waals surface area contributed by atoms with Crippen molar-refractivity contribution in [2.45, 2.75) is 31.7 Å². The molecule has 1 N–H and O–H groups in total. The van der Waals surface area contributed by atoms with E-state index in [1.54, 1.807) is 17.0 Å². The Morgan fingerprint density at radius 1 is 1.12 bits per heavy atom. The minimum Gasteiger partial charge on any atom is -0.336 e. The Balaban J connectivity index is 1.55. The molecule has 0 unspecified atom stereocenters. The molecular formula is C17H22N4O4S. The summed E-state index contributed by atoms with van der Waals surface area (Å²) in [6.07, 6.45) is 6.11. The Kier molecular flexibility index (Phi) is 4.45. The molecule has 1 aliphatic carbocycles. The van der Waals surface area contributed by atoms with Crippen LogP contribution in [0.1, 0.15) is 36.0 Å². The van der Waals surface area contributed by atoms with E-state index in [-0.39, 0.29) is 16.9 Å². The second-order valence-electron chi connectivity index (χ2n) is 6.96. The lowest BCUT2D eigenvalue weighted by Gasteiger charge is -2.38. The third kappa shape index (κ3) is 3.10. The highest BCUT2D eigenvalue weighted by atomic mass is 32.2. The molecule has 1 saturated heterocycles. The van der Waals surface area contributed by atoms with E-state index < -0.39 is 10.3 Å². The molecule has 0 atom stereocenters. The minimum absolute atomic E-state index is 0.151. The van der Waals surface area contributed by atoms with Gasteiger partial charge in [0.2, 0.25) is 0 Å². The van der Waals surface area contributed by atoms with Crippen molar-refractivity contribution in [1.29, 1.82) is 0 Å². The summed E-state index contributed by atoms with van der Waals surface area (Å²) in [5.41, 5.74) is 0.843. The molecule has 2 aromatic rings. The number of rotatable bonds is 3. The monoisotopic (exact) mass is 378 g/mol. The van der Waals surface area contributed by atoms with Gasteiger partial charge in [0.15, 0.2) is 0 Å². The van der Waals surface area contributed by atoms with Crippen LogP contribution in [-0.4, -0.2) is 69.9 Å². The molecule has 0 spiro atoms. The average molecular weight is 378 g/mol. The molecule has 1 amide bonds. The van der Waals surface area contributed by atoms with Crippen molar-refractivity contribution in [2.24, 2.45) is 0 Å². The fourth-order valence-electron chi connectivity index (χ4n) is 4.10. The molecular weight excluding hydrogens is 356 g/mol. The van der Waals surface area contributed by atoms with Gasteiger partial charge in [0, 0.05) is 32.2 Å². The Morgan fingerprint density at radius 2 is 1.81 bits per heavy atom. The predicted octanol–water partition coefficient (Wildman–Crippen LogP) is 1.39. The lowest BCUT2D eigenvalue weighted by molar-refractivity contribution is 0.0575. The summed E-state index contributed by atoms with van der Waals surface area (Å²) in [6.45, 7) is 3.05. The number of nitrogens with zero attached hydrogens (tertiary/aromatic N) is 4. The zero-order valence-electron chi connectivity index (χ0n) is 14.4. The fraction of sp³-hybridized carbons (Fsp3) is 0.529. The maximum Gasteiger partial charge on any atom is 0.365 e. The van der Waals surface area contributed by atoms with Gasteiger partial charge in [-0.05, 0) is 25.0 Å². The fourth-order valence-corrected chi connectivity index (χ4v) is 4.67. The van der Waals surface area contributed by atoms with Gasteiger partial charge >= 0.3 is 10.3 Å². The summed E-state index contributed by atoms with van der Waals surface area (Å²) in [6, 6.07) is 5.43. The summed E-state index contributed by atoms with van der Waals surface area (Å²) < 4.78 is 32.8. The molecule has 1 aromatic carbocycles. The Hall–Kier alpha value is -1.97. The number of imidazole rings is 1. The summed E-state index contributed by atoms with van der Waals surface area (Å²) in [5.74, 6) is -0.151. The standard InChI is InChI=1S/C17H22N4O4S/c22-17(20-10-8-19(9-11-20)13-4-1-2-5-13)14-6-3-7-15-16(14)18-12-21(15)26(23,24)25/h3,6-7,12-13H,1-2,4-5,8-11H2,(H,23,24,25). The van der Waals surface area contributed by atoms with E-state index in [2.05, 4.69) is 9.88 Å². The van der Waals surface area contributed by atoms with Gasteiger partial charge in [-0.3, -0.25) is 14.2 Å². The first-order chi connectivity index (χ1) is 12.4. The van der Waals surface area contributed by atoms with E-state index in [4.69, 9.17) is 0 Å². The van der Waals surface area contributed by atoms with Gasteiger partial charge in [-0.1, -0.05) is 18.9 Å². The van der Waals surface area contributed by atoms with Crippen LogP contribution in [0.5, 0.6) is 0 Å². The largest absolute Gasteiger partial charge is 0.365 e. The Labute approximate surface area is 152 Å². The van der Waals surface area contributed by atoms with E-state index in [0.717, 1.165) is 19.4 Å².